The molecule has 0 spiro atoms. The number of rotatable bonds is 5. The van der Waals surface area contributed by atoms with Gasteiger partial charge in [-0.15, -0.1) is 0 Å². The summed E-state index contributed by atoms with van der Waals surface area (Å²) in [6.45, 7) is 0. The number of hydrogen-bond donors (Lipinski definition) is 1. The maximum absolute atomic E-state index is 12.2. The average Bonchev–Trinajstić information content (AvgIpc) is 2.50. The fourth-order valence-electron chi connectivity index (χ4n) is 1.80. The molecule has 23 heavy (non-hydrogen) atoms. The highest BCUT2D eigenvalue weighted by molar-refractivity contribution is 7.92. The normalized spacial score (nSPS) is 11.1. The first-order valence-corrected chi connectivity index (χ1v) is 8.84. The Morgan fingerprint density at radius 1 is 1.09 bits per heavy atom. The fourth-order valence-corrected chi connectivity index (χ4v) is 3.32. The third kappa shape index (κ3) is 4.60. The second-order valence-corrected chi connectivity index (χ2v) is 7.42. The van der Waals surface area contributed by atoms with Gasteiger partial charge in [-0.1, -0.05) is 23.2 Å². The van der Waals surface area contributed by atoms with Crippen LogP contribution in [0.15, 0.2) is 47.4 Å². The number of hydrogen-bond acceptors (Lipinski definition) is 4. The molecule has 0 saturated carbocycles. The van der Waals surface area contributed by atoms with Gasteiger partial charge in [0.1, 0.15) is 11.5 Å². The molecule has 1 amide bonds. The lowest BCUT2D eigenvalue weighted by atomic mass is 10.3. The van der Waals surface area contributed by atoms with Gasteiger partial charge >= 0.3 is 0 Å². The van der Waals surface area contributed by atoms with Crippen molar-refractivity contribution in [2.75, 3.05) is 18.2 Å². The van der Waals surface area contributed by atoms with Crippen molar-refractivity contribution in [2.45, 2.75) is 4.90 Å². The van der Waals surface area contributed by atoms with E-state index >= 15 is 0 Å². The van der Waals surface area contributed by atoms with E-state index in [1.165, 1.54) is 25.3 Å². The summed E-state index contributed by atoms with van der Waals surface area (Å²) in [4.78, 5) is 11.9. The first-order chi connectivity index (χ1) is 10.8. The number of ether oxygens (including phenoxy) is 1. The molecule has 2 aromatic rings. The molecule has 0 heterocycles. The molecule has 0 aliphatic heterocycles. The molecular formula is C15H13Cl2NO4S. The average molecular weight is 374 g/mol. The summed E-state index contributed by atoms with van der Waals surface area (Å²) in [6, 6.07) is 10.4. The minimum atomic E-state index is -3.81. The lowest BCUT2D eigenvalue weighted by Crippen LogP contribution is -2.23. The summed E-state index contributed by atoms with van der Waals surface area (Å²) in [5.41, 5.74) is 0.472. The van der Waals surface area contributed by atoms with Crippen molar-refractivity contribution in [1.82, 2.24) is 0 Å². The summed E-state index contributed by atoms with van der Waals surface area (Å²) in [5.74, 6) is -0.718. The molecule has 5 nitrogen and oxygen atoms in total. The van der Waals surface area contributed by atoms with Crippen LogP contribution in [0.25, 0.3) is 0 Å². The largest absolute Gasteiger partial charge is 0.497 e. The van der Waals surface area contributed by atoms with Gasteiger partial charge in [-0.3, -0.25) is 4.79 Å². The highest BCUT2D eigenvalue weighted by Crippen LogP contribution is 2.25. The predicted molar refractivity (Wildman–Crippen MR) is 90.1 cm³/mol. The quantitative estimate of drug-likeness (QED) is 0.871. The molecule has 1 N–H and O–H groups in total. The fraction of sp³-hybridized carbons (Fsp3) is 0.133. The number of amides is 1. The van der Waals surface area contributed by atoms with Crippen LogP contribution in [0.2, 0.25) is 10.0 Å². The maximum atomic E-state index is 12.2. The number of anilines is 1. The van der Waals surface area contributed by atoms with E-state index in [4.69, 9.17) is 27.9 Å². The number of nitrogens with one attached hydrogen (secondary N) is 1. The minimum absolute atomic E-state index is 0.0585. The molecular weight excluding hydrogens is 361 g/mol. The predicted octanol–water partition coefficient (Wildman–Crippen LogP) is 3.41. The Morgan fingerprint density at radius 3 is 2.30 bits per heavy atom. The van der Waals surface area contributed by atoms with Crippen LogP contribution in [0.4, 0.5) is 5.69 Å². The standard InChI is InChI=1S/C15H13Cl2NO4S/c1-22-11-4-2-10(3-5-11)18-15(19)9-23(20,21)12-6-7-13(16)14(17)8-12/h2-8H,9H2,1H3,(H,18,19). The number of benzene rings is 2. The van der Waals surface area contributed by atoms with Gasteiger partial charge in [0, 0.05) is 5.69 Å². The second kappa shape index (κ2) is 7.21. The Bertz CT molecular complexity index is 820. The molecule has 2 aromatic carbocycles. The van der Waals surface area contributed by atoms with Crippen molar-refractivity contribution >= 4 is 44.6 Å². The van der Waals surface area contributed by atoms with E-state index < -0.39 is 21.5 Å². The van der Waals surface area contributed by atoms with E-state index in [-0.39, 0.29) is 14.9 Å². The van der Waals surface area contributed by atoms with Crippen LogP contribution >= 0.6 is 23.2 Å². The third-order valence-corrected chi connectivity index (χ3v) is 5.30. The molecule has 2 rings (SSSR count). The summed E-state index contributed by atoms with van der Waals surface area (Å²) in [5, 5.41) is 2.87. The summed E-state index contributed by atoms with van der Waals surface area (Å²) in [7, 11) is -2.29. The van der Waals surface area contributed by atoms with E-state index in [0.29, 0.717) is 11.4 Å². The second-order valence-electron chi connectivity index (χ2n) is 4.61. The van der Waals surface area contributed by atoms with Crippen molar-refractivity contribution in [1.29, 1.82) is 0 Å². The summed E-state index contributed by atoms with van der Waals surface area (Å²) < 4.78 is 29.4. The molecule has 0 aromatic heterocycles. The first kappa shape index (κ1) is 17.6. The number of sulfone groups is 1. The van der Waals surface area contributed by atoms with E-state index in [1.54, 1.807) is 24.3 Å². The molecule has 0 atom stereocenters. The smallest absolute Gasteiger partial charge is 0.239 e. The lowest BCUT2D eigenvalue weighted by molar-refractivity contribution is -0.113. The molecule has 122 valence electrons. The van der Waals surface area contributed by atoms with Crippen molar-refractivity contribution in [3.63, 3.8) is 0 Å². The van der Waals surface area contributed by atoms with E-state index in [1.807, 2.05) is 0 Å². The van der Waals surface area contributed by atoms with Gasteiger partial charge in [0.15, 0.2) is 9.84 Å². The highest BCUT2D eigenvalue weighted by Gasteiger charge is 2.20. The number of halogens is 2. The van der Waals surface area contributed by atoms with Gasteiger partial charge in [-0.05, 0) is 42.5 Å². The van der Waals surface area contributed by atoms with Gasteiger partial charge < -0.3 is 10.1 Å². The lowest BCUT2D eigenvalue weighted by Gasteiger charge is -2.08. The monoisotopic (exact) mass is 373 g/mol. The molecule has 0 fully saturated rings. The molecule has 0 unspecified atom stereocenters. The topological polar surface area (TPSA) is 72.5 Å². The zero-order chi connectivity index (χ0) is 17.0. The van der Waals surface area contributed by atoms with Crippen LogP contribution in [-0.2, 0) is 14.6 Å². The highest BCUT2D eigenvalue weighted by atomic mass is 35.5. The summed E-state index contributed by atoms with van der Waals surface area (Å²) in [6.07, 6.45) is 0. The minimum Gasteiger partial charge on any atom is -0.497 e. The van der Waals surface area contributed by atoms with Gasteiger partial charge in [0.2, 0.25) is 5.91 Å². The molecule has 0 aliphatic carbocycles. The van der Waals surface area contributed by atoms with Crippen molar-refractivity contribution in [2.24, 2.45) is 0 Å². The zero-order valence-electron chi connectivity index (χ0n) is 12.0. The Morgan fingerprint density at radius 2 is 1.74 bits per heavy atom. The first-order valence-electron chi connectivity index (χ1n) is 6.43. The maximum Gasteiger partial charge on any atom is 0.239 e. The van der Waals surface area contributed by atoms with Crippen molar-refractivity contribution in [3.8, 4) is 5.75 Å². The van der Waals surface area contributed by atoms with Crippen LogP contribution in [0, 0.1) is 0 Å². The number of methoxy groups -OCH3 is 1. The Labute approximate surface area is 144 Å². The van der Waals surface area contributed by atoms with Crippen LogP contribution in [-0.4, -0.2) is 27.2 Å². The van der Waals surface area contributed by atoms with Gasteiger partial charge in [-0.25, -0.2) is 8.42 Å². The third-order valence-electron chi connectivity index (χ3n) is 2.95. The van der Waals surface area contributed by atoms with Crippen LogP contribution < -0.4 is 10.1 Å². The molecule has 0 aliphatic rings. The van der Waals surface area contributed by atoms with Crippen LogP contribution in [0.1, 0.15) is 0 Å². The molecule has 0 radical (unpaired) electrons. The van der Waals surface area contributed by atoms with Gasteiger partial charge in [0.25, 0.3) is 0 Å². The van der Waals surface area contributed by atoms with E-state index in [2.05, 4.69) is 5.32 Å². The Hall–Kier alpha value is -1.76. The Kier molecular flexibility index (Phi) is 5.51. The van der Waals surface area contributed by atoms with Crippen LogP contribution in [0.5, 0.6) is 5.75 Å². The SMILES string of the molecule is COc1ccc(NC(=O)CS(=O)(=O)c2ccc(Cl)c(Cl)c2)cc1. The van der Waals surface area contributed by atoms with Crippen molar-refractivity contribution in [3.05, 3.63) is 52.5 Å². The Balaban J connectivity index is 2.09. The number of carbonyl (C=O) groups is 1. The molecule has 8 heteroatoms. The van der Waals surface area contributed by atoms with Crippen molar-refractivity contribution < 1.29 is 17.9 Å². The molecule has 0 bridgehead atoms. The summed E-state index contributed by atoms with van der Waals surface area (Å²) >= 11 is 11.6. The zero-order valence-corrected chi connectivity index (χ0v) is 14.4. The van der Waals surface area contributed by atoms with Gasteiger partial charge in [0.05, 0.1) is 22.1 Å². The van der Waals surface area contributed by atoms with E-state index in [0.717, 1.165) is 0 Å². The van der Waals surface area contributed by atoms with Gasteiger partial charge in [-0.2, -0.15) is 0 Å². The molecule has 0 saturated heterocycles. The van der Waals surface area contributed by atoms with E-state index in [9.17, 15) is 13.2 Å². The number of carbonyl (C=O) groups excluding carboxylic acids is 1. The van der Waals surface area contributed by atoms with Crippen LogP contribution in [0.3, 0.4) is 0 Å².